The van der Waals surface area contributed by atoms with Crippen molar-refractivity contribution in [1.82, 2.24) is 52.3 Å². The van der Waals surface area contributed by atoms with Crippen molar-refractivity contribution < 1.29 is 62.3 Å². The topological polar surface area (TPSA) is 519 Å². The van der Waals surface area contributed by atoms with E-state index in [0.717, 1.165) is 0 Å². The number of hydrogen-bond acceptors (Lipinski definition) is 17. The van der Waals surface area contributed by atoms with E-state index < -0.39 is 169 Å². The molecule has 32 heteroatoms. The largest absolute Gasteiger partial charge is 0.370 e. The summed E-state index contributed by atoms with van der Waals surface area (Å²) in [5, 5.41) is 21.1. The number of carbonyl (C=O) groups is 13. The standard InChI is InChI=1S/C63H98N18O13S/c1-37(2)33-45(57(89)74-41(53(68)85)27-32-95-3)73-52(84)36-72-54(86)46(34-38-15-6-4-7-16-38)78-58(90)47(35-39-17-8-5-9-18-39)79-56(88)42(23-25-50(66)82)75-55(87)43(24-26-51(67)83)76-59(91)49-22-14-31-81(49)62(94)44(20-10-11-28-64)77-60(92)48-21-13-30-80(48)61(93)40(65)19-12-29-71-63(69)70/h4-9,15-18,37,40-49H,10-14,19-36,64-65H2,1-3H3,(H2,66,82)(H2,67,83)(H2,68,85)(H,72,86)(H,73,84)(H,74,89)(H,75,87)(H,76,91)(H,77,92)(H,78,90)(H,79,88)(H4,69,70,71)/t40-,41-,42-,43-,44+,45-,46+,47-,48-,49+/m0/s1. The summed E-state index contributed by atoms with van der Waals surface area (Å²) < 4.78 is 0. The number of nitrogens with two attached hydrogens (primary N) is 7. The molecule has 0 unspecified atom stereocenters. The Kier molecular flexibility index (Phi) is 33.9. The maximum absolute atomic E-state index is 14.7. The third kappa shape index (κ3) is 27.5. The second-order valence-corrected chi connectivity index (χ2v) is 25.1. The fraction of sp³-hybridized carbons (Fsp3) is 0.587. The van der Waals surface area contributed by atoms with Gasteiger partial charge in [-0.05, 0) is 119 Å². The molecule has 22 N–H and O–H groups in total. The maximum Gasteiger partial charge on any atom is 0.245 e. The van der Waals surface area contributed by atoms with Crippen LogP contribution in [0.2, 0.25) is 0 Å². The number of unbranched alkanes of at least 4 members (excludes halogenated alkanes) is 1. The summed E-state index contributed by atoms with van der Waals surface area (Å²) >= 11 is 1.45. The van der Waals surface area contributed by atoms with Crippen molar-refractivity contribution in [3.05, 3.63) is 71.8 Å². The molecule has 10 atom stereocenters. The van der Waals surface area contributed by atoms with Gasteiger partial charge in [0.15, 0.2) is 5.96 Å². The molecule has 2 saturated heterocycles. The van der Waals surface area contributed by atoms with Gasteiger partial charge in [-0.2, -0.15) is 11.8 Å². The fourth-order valence-corrected chi connectivity index (χ4v) is 11.5. The summed E-state index contributed by atoms with van der Waals surface area (Å²) in [5.41, 5.74) is 40.6. The Hall–Kier alpha value is -8.91. The Morgan fingerprint density at radius 2 is 1.01 bits per heavy atom. The molecule has 0 bridgehead atoms. The maximum atomic E-state index is 14.7. The van der Waals surface area contributed by atoms with Gasteiger partial charge in [-0.3, -0.25) is 67.3 Å². The lowest BCUT2D eigenvalue weighted by Gasteiger charge is -2.32. The lowest BCUT2D eigenvalue weighted by Crippen LogP contribution is -2.60. The Balaban J connectivity index is 1.56. The second kappa shape index (κ2) is 41.0. The van der Waals surface area contributed by atoms with Crippen molar-refractivity contribution in [1.29, 1.82) is 0 Å². The smallest absolute Gasteiger partial charge is 0.245 e. The molecule has 0 aromatic heterocycles. The van der Waals surface area contributed by atoms with Crippen LogP contribution in [0.1, 0.15) is 121 Å². The van der Waals surface area contributed by atoms with Gasteiger partial charge in [-0.15, -0.1) is 0 Å². The van der Waals surface area contributed by atoms with Crippen LogP contribution in [0.3, 0.4) is 0 Å². The van der Waals surface area contributed by atoms with Gasteiger partial charge >= 0.3 is 0 Å². The summed E-state index contributed by atoms with van der Waals surface area (Å²) in [5.74, 6) is -9.80. The third-order valence-corrected chi connectivity index (χ3v) is 16.7. The van der Waals surface area contributed by atoms with Crippen LogP contribution < -0.4 is 82.7 Å². The van der Waals surface area contributed by atoms with E-state index in [4.69, 9.17) is 40.1 Å². The first kappa shape index (κ1) is 78.5. The first-order valence-corrected chi connectivity index (χ1v) is 33.6. The monoisotopic (exact) mass is 1350 g/mol. The van der Waals surface area contributed by atoms with E-state index in [0.29, 0.717) is 55.4 Å². The predicted molar refractivity (Wildman–Crippen MR) is 356 cm³/mol. The third-order valence-electron chi connectivity index (χ3n) is 16.0. The van der Waals surface area contributed by atoms with Crippen molar-refractivity contribution in [2.75, 3.05) is 44.7 Å². The average Bonchev–Trinajstić information content (AvgIpc) is 1.74. The van der Waals surface area contributed by atoms with Crippen LogP contribution in [0.4, 0.5) is 0 Å². The molecule has 31 nitrogen and oxygen atoms in total. The van der Waals surface area contributed by atoms with E-state index in [1.807, 2.05) is 20.1 Å². The molecule has 0 saturated carbocycles. The normalized spacial score (nSPS) is 16.8. The summed E-state index contributed by atoms with van der Waals surface area (Å²) in [6, 6.07) is 4.51. The molecule has 95 heavy (non-hydrogen) atoms. The average molecular weight is 1350 g/mol. The van der Waals surface area contributed by atoms with Gasteiger partial charge in [0, 0.05) is 45.3 Å². The molecule has 13 amide bonds. The summed E-state index contributed by atoms with van der Waals surface area (Å²) in [6.07, 6.45) is 3.12. The zero-order valence-electron chi connectivity index (χ0n) is 54.5. The number of nitrogens with one attached hydrogen (secondary N) is 8. The zero-order chi connectivity index (χ0) is 70.1. The number of hydrogen-bond donors (Lipinski definition) is 15. The molecular weight excluding hydrogens is 1250 g/mol. The van der Waals surface area contributed by atoms with Gasteiger partial charge in [-0.1, -0.05) is 74.5 Å². The van der Waals surface area contributed by atoms with E-state index in [-0.39, 0.29) is 83.0 Å². The van der Waals surface area contributed by atoms with E-state index in [9.17, 15) is 62.3 Å². The summed E-state index contributed by atoms with van der Waals surface area (Å²) in [4.78, 5) is 185. The molecule has 0 radical (unpaired) electrons. The Labute approximate surface area is 558 Å². The number of nitrogens with zero attached hydrogens (tertiary/aromatic N) is 3. The minimum absolute atomic E-state index is 0.0736. The van der Waals surface area contributed by atoms with Crippen molar-refractivity contribution in [3.63, 3.8) is 0 Å². The number of carbonyl (C=O) groups excluding carboxylic acids is 13. The van der Waals surface area contributed by atoms with E-state index in [1.165, 1.54) is 21.6 Å². The van der Waals surface area contributed by atoms with Gasteiger partial charge < -0.3 is 92.5 Å². The molecule has 524 valence electrons. The summed E-state index contributed by atoms with van der Waals surface area (Å²) in [7, 11) is 0. The first-order chi connectivity index (χ1) is 45.2. The minimum Gasteiger partial charge on any atom is -0.370 e. The highest BCUT2D eigenvalue weighted by Gasteiger charge is 2.42. The molecule has 4 rings (SSSR count). The van der Waals surface area contributed by atoms with Gasteiger partial charge in [-0.25, -0.2) is 0 Å². The molecule has 2 aliphatic heterocycles. The molecule has 2 heterocycles. The molecule has 0 aliphatic carbocycles. The fourth-order valence-electron chi connectivity index (χ4n) is 11.0. The van der Waals surface area contributed by atoms with Crippen molar-refractivity contribution in [3.8, 4) is 0 Å². The van der Waals surface area contributed by atoms with E-state index in [2.05, 4.69) is 47.5 Å². The lowest BCUT2D eigenvalue weighted by molar-refractivity contribution is -0.144. The zero-order valence-corrected chi connectivity index (χ0v) is 55.3. The number of primary amides is 3. The first-order valence-electron chi connectivity index (χ1n) is 32.2. The van der Waals surface area contributed by atoms with E-state index >= 15 is 0 Å². The molecule has 2 aliphatic rings. The van der Waals surface area contributed by atoms with Crippen molar-refractivity contribution >= 4 is 94.5 Å². The van der Waals surface area contributed by atoms with Gasteiger partial charge in [0.2, 0.25) is 76.8 Å². The number of thioether (sulfide) groups is 1. The lowest BCUT2D eigenvalue weighted by atomic mass is 10.0. The quantitative estimate of drug-likeness (QED) is 0.0173. The van der Waals surface area contributed by atoms with Gasteiger partial charge in [0.25, 0.3) is 0 Å². The van der Waals surface area contributed by atoms with Gasteiger partial charge in [0.05, 0.1) is 12.6 Å². The number of benzene rings is 2. The Morgan fingerprint density at radius 1 is 0.537 bits per heavy atom. The number of aliphatic imine (C=N–C) groups is 1. The van der Waals surface area contributed by atoms with Gasteiger partial charge in [0.1, 0.15) is 54.4 Å². The predicted octanol–water partition coefficient (Wildman–Crippen LogP) is -3.71. The minimum atomic E-state index is -1.64. The molecule has 2 fully saturated rings. The highest BCUT2D eigenvalue weighted by molar-refractivity contribution is 7.98. The number of amides is 13. The van der Waals surface area contributed by atoms with Crippen molar-refractivity contribution in [2.45, 2.75) is 183 Å². The number of likely N-dealkylation sites (tertiary alicyclic amines) is 2. The van der Waals surface area contributed by atoms with Crippen LogP contribution in [-0.4, -0.2) is 198 Å². The summed E-state index contributed by atoms with van der Waals surface area (Å²) in [6.45, 7) is 3.86. The second-order valence-electron chi connectivity index (χ2n) is 24.1. The molecule has 2 aromatic rings. The van der Waals surface area contributed by atoms with Crippen LogP contribution in [-0.2, 0) is 75.2 Å². The van der Waals surface area contributed by atoms with Crippen LogP contribution in [0.15, 0.2) is 65.7 Å². The number of rotatable bonds is 42. The SMILES string of the molecule is CSCC[C@H](NC(=O)[C@H](CC(C)C)NC(=O)CNC(=O)[C@@H](Cc1ccccc1)NC(=O)[C@H](Cc1ccccc1)NC(=O)[C@H](CCC(N)=O)NC(=O)[C@H](CCC(N)=O)NC(=O)[C@H]1CCCN1C(=O)[C@@H](CCCCN)NC(=O)[C@@H]1CCCN1C(=O)[C@@H](N)CCCN=C(N)N)C(N)=O. The number of guanidine groups is 1. The highest BCUT2D eigenvalue weighted by atomic mass is 32.2. The van der Waals surface area contributed by atoms with Crippen LogP contribution in [0.25, 0.3) is 0 Å². The molecule has 2 aromatic carbocycles. The molecule has 0 spiro atoms. The Morgan fingerprint density at radius 3 is 1.51 bits per heavy atom. The van der Waals surface area contributed by atoms with Crippen LogP contribution >= 0.6 is 11.8 Å². The van der Waals surface area contributed by atoms with E-state index in [1.54, 1.807) is 60.7 Å². The van der Waals surface area contributed by atoms with Crippen molar-refractivity contribution in [2.24, 2.45) is 51.0 Å². The van der Waals surface area contributed by atoms with Crippen LogP contribution in [0, 0.1) is 5.92 Å². The molecular formula is C63H98N18O13S. The Bertz CT molecular complexity index is 2960. The highest BCUT2D eigenvalue weighted by Crippen LogP contribution is 2.24. The van der Waals surface area contributed by atoms with Crippen LogP contribution in [0.5, 0.6) is 0 Å².